The van der Waals surface area contributed by atoms with E-state index in [0.717, 1.165) is 0 Å². The first-order valence-corrected chi connectivity index (χ1v) is 12.1. The van der Waals surface area contributed by atoms with Gasteiger partial charge in [0.25, 0.3) is 5.91 Å². The summed E-state index contributed by atoms with van der Waals surface area (Å²) in [5.41, 5.74) is 1.23. The van der Waals surface area contributed by atoms with Crippen LogP contribution in [0.4, 0.5) is 0 Å². The second kappa shape index (κ2) is 13.0. The number of phenolic OH excluding ortho intramolecular Hbond substituents is 1. The first kappa shape index (κ1) is 27.9. The fraction of sp³-hybridized carbons (Fsp3) is 0.296. The highest BCUT2D eigenvalue weighted by Crippen LogP contribution is 2.19. The van der Waals surface area contributed by atoms with E-state index >= 15 is 0 Å². The lowest BCUT2D eigenvalue weighted by molar-refractivity contribution is -0.142. The Balaban J connectivity index is 1.87. The number of aromatic hydroxyl groups is 1. The van der Waals surface area contributed by atoms with Crippen LogP contribution >= 0.6 is 0 Å². The van der Waals surface area contributed by atoms with Crippen LogP contribution in [0.15, 0.2) is 67.1 Å². The number of imidazole rings is 1. The third-order valence-corrected chi connectivity index (χ3v) is 5.73. The van der Waals surface area contributed by atoms with Crippen LogP contribution in [0, 0.1) is 5.92 Å². The van der Waals surface area contributed by atoms with Crippen molar-refractivity contribution in [2.24, 2.45) is 5.92 Å². The standard InChI is InChI=1S/C27H31N5O6/c1-16(2)12-22(27(37)38)31-25(35)21(13-19-14-28-15-29-19)30-26(36)23(17-8-10-20(33)11-9-17)32-24(34)18-6-4-3-5-7-18/h3-11,14-16,21-23,33H,12-13H2,1-2H3,(H,28,29)(H,30,36)(H,31,35)(H,32,34)(H,37,38)/t21-,22-,23-/m0/s1. The van der Waals surface area contributed by atoms with Crippen molar-refractivity contribution in [1.82, 2.24) is 25.9 Å². The van der Waals surface area contributed by atoms with E-state index in [1.54, 1.807) is 30.3 Å². The van der Waals surface area contributed by atoms with E-state index in [1.807, 2.05) is 13.8 Å². The second-order valence-electron chi connectivity index (χ2n) is 9.24. The van der Waals surface area contributed by atoms with Crippen LogP contribution in [0.5, 0.6) is 5.75 Å². The van der Waals surface area contributed by atoms with Crippen molar-refractivity contribution in [3.63, 3.8) is 0 Å². The third-order valence-electron chi connectivity index (χ3n) is 5.73. The monoisotopic (exact) mass is 521 g/mol. The van der Waals surface area contributed by atoms with Gasteiger partial charge in [-0.3, -0.25) is 14.4 Å². The Morgan fingerprint density at radius 1 is 0.895 bits per heavy atom. The average molecular weight is 522 g/mol. The zero-order chi connectivity index (χ0) is 27.7. The Kier molecular flexibility index (Phi) is 9.58. The Morgan fingerprint density at radius 2 is 1.55 bits per heavy atom. The summed E-state index contributed by atoms with van der Waals surface area (Å²) in [5.74, 6) is -3.12. The normalized spacial score (nSPS) is 13.2. The average Bonchev–Trinajstić information content (AvgIpc) is 3.40. The molecule has 0 aliphatic heterocycles. The van der Waals surface area contributed by atoms with Gasteiger partial charge in [0.05, 0.1) is 6.33 Å². The maximum Gasteiger partial charge on any atom is 0.326 e. The Labute approximate surface area is 219 Å². The van der Waals surface area contributed by atoms with E-state index in [9.17, 15) is 29.4 Å². The number of aliphatic carboxylic acids is 1. The van der Waals surface area contributed by atoms with E-state index in [2.05, 4.69) is 25.9 Å². The van der Waals surface area contributed by atoms with Crippen LogP contribution in [0.25, 0.3) is 0 Å². The van der Waals surface area contributed by atoms with E-state index in [-0.39, 0.29) is 24.5 Å². The van der Waals surface area contributed by atoms with E-state index in [1.165, 1.54) is 36.8 Å². The zero-order valence-corrected chi connectivity index (χ0v) is 21.0. The summed E-state index contributed by atoms with van der Waals surface area (Å²) >= 11 is 0. The molecule has 0 spiro atoms. The summed E-state index contributed by atoms with van der Waals surface area (Å²) < 4.78 is 0. The van der Waals surface area contributed by atoms with Crippen molar-refractivity contribution < 1.29 is 29.4 Å². The van der Waals surface area contributed by atoms with Gasteiger partial charge in [-0.05, 0) is 42.2 Å². The molecule has 1 aromatic heterocycles. The molecule has 0 bridgehead atoms. The molecule has 0 saturated carbocycles. The first-order valence-electron chi connectivity index (χ1n) is 12.1. The van der Waals surface area contributed by atoms with Gasteiger partial charge in [-0.25, -0.2) is 9.78 Å². The molecule has 3 amide bonds. The highest BCUT2D eigenvalue weighted by Gasteiger charge is 2.31. The van der Waals surface area contributed by atoms with Gasteiger partial charge in [0, 0.05) is 23.9 Å². The predicted molar refractivity (Wildman–Crippen MR) is 138 cm³/mol. The van der Waals surface area contributed by atoms with E-state index in [4.69, 9.17) is 0 Å². The lowest BCUT2D eigenvalue weighted by Gasteiger charge is -2.25. The largest absolute Gasteiger partial charge is 0.508 e. The lowest BCUT2D eigenvalue weighted by atomic mass is 10.0. The number of rotatable bonds is 12. The van der Waals surface area contributed by atoms with Crippen molar-refractivity contribution in [3.8, 4) is 5.75 Å². The number of carbonyl (C=O) groups excluding carboxylic acids is 3. The van der Waals surface area contributed by atoms with Gasteiger partial charge in [-0.15, -0.1) is 0 Å². The number of phenols is 1. The Morgan fingerprint density at radius 3 is 2.13 bits per heavy atom. The van der Waals surface area contributed by atoms with Crippen LogP contribution in [-0.2, 0) is 20.8 Å². The fourth-order valence-corrected chi connectivity index (χ4v) is 3.82. The second-order valence-corrected chi connectivity index (χ2v) is 9.24. The molecule has 38 heavy (non-hydrogen) atoms. The molecule has 3 rings (SSSR count). The molecule has 1 heterocycles. The maximum absolute atomic E-state index is 13.5. The molecule has 3 atom stereocenters. The van der Waals surface area contributed by atoms with E-state index in [0.29, 0.717) is 16.8 Å². The van der Waals surface area contributed by atoms with Crippen molar-refractivity contribution in [2.45, 2.75) is 44.8 Å². The van der Waals surface area contributed by atoms with Crippen molar-refractivity contribution >= 4 is 23.7 Å². The van der Waals surface area contributed by atoms with Crippen LogP contribution in [0.1, 0.15) is 47.9 Å². The van der Waals surface area contributed by atoms with Crippen LogP contribution in [0.3, 0.4) is 0 Å². The Bertz CT molecular complexity index is 1230. The molecule has 0 saturated heterocycles. The number of nitrogens with zero attached hydrogens (tertiary/aromatic N) is 1. The van der Waals surface area contributed by atoms with Gasteiger partial charge >= 0.3 is 5.97 Å². The highest BCUT2D eigenvalue weighted by molar-refractivity contribution is 5.99. The maximum atomic E-state index is 13.5. The van der Waals surface area contributed by atoms with Crippen molar-refractivity contribution in [2.75, 3.05) is 0 Å². The van der Waals surface area contributed by atoms with Gasteiger partial charge < -0.3 is 31.1 Å². The summed E-state index contributed by atoms with van der Waals surface area (Å²) in [6, 6.07) is 10.5. The molecule has 11 nitrogen and oxygen atoms in total. The third kappa shape index (κ3) is 7.92. The summed E-state index contributed by atoms with van der Waals surface area (Å²) in [5, 5.41) is 27.1. The summed E-state index contributed by atoms with van der Waals surface area (Å²) in [6.07, 6.45) is 3.11. The van der Waals surface area contributed by atoms with Crippen LogP contribution in [-0.4, -0.2) is 56.0 Å². The molecule has 3 aromatic rings. The smallest absolute Gasteiger partial charge is 0.326 e. The van der Waals surface area contributed by atoms with Crippen molar-refractivity contribution in [1.29, 1.82) is 0 Å². The number of H-pyrrole nitrogens is 1. The number of hydrogen-bond donors (Lipinski definition) is 6. The number of benzene rings is 2. The number of carbonyl (C=O) groups is 4. The molecule has 11 heteroatoms. The Hall–Kier alpha value is -4.67. The number of carboxylic acid groups (broad SMARTS) is 1. The van der Waals surface area contributed by atoms with Crippen LogP contribution < -0.4 is 16.0 Å². The molecule has 2 aromatic carbocycles. The molecule has 0 radical (unpaired) electrons. The van der Waals surface area contributed by atoms with Gasteiger partial charge in [-0.1, -0.05) is 44.2 Å². The number of aromatic amines is 1. The zero-order valence-electron chi connectivity index (χ0n) is 21.0. The van der Waals surface area contributed by atoms with Crippen LogP contribution in [0.2, 0.25) is 0 Å². The summed E-state index contributed by atoms with van der Waals surface area (Å²) in [4.78, 5) is 58.2. The SMILES string of the molecule is CC(C)C[C@H](NC(=O)[C@H](Cc1cnc[nH]1)NC(=O)[C@@H](NC(=O)c1ccccc1)c1ccc(O)cc1)C(=O)O. The topological polar surface area (TPSA) is 174 Å². The number of amides is 3. The van der Waals surface area contributed by atoms with E-state index < -0.39 is 41.8 Å². The molecular weight excluding hydrogens is 490 g/mol. The summed E-state index contributed by atoms with van der Waals surface area (Å²) in [6.45, 7) is 3.67. The van der Waals surface area contributed by atoms with Gasteiger partial charge in [0.1, 0.15) is 23.9 Å². The molecule has 0 aliphatic carbocycles. The predicted octanol–water partition coefficient (Wildman–Crippen LogP) is 1.93. The number of aromatic nitrogens is 2. The lowest BCUT2D eigenvalue weighted by Crippen LogP contribution is -2.54. The number of nitrogens with one attached hydrogen (secondary N) is 4. The van der Waals surface area contributed by atoms with Crippen molar-refractivity contribution in [3.05, 3.63) is 83.9 Å². The molecule has 0 aliphatic rings. The molecule has 0 fully saturated rings. The summed E-state index contributed by atoms with van der Waals surface area (Å²) in [7, 11) is 0. The quantitative estimate of drug-likeness (QED) is 0.211. The highest BCUT2D eigenvalue weighted by atomic mass is 16.4. The minimum atomic E-state index is -1.22. The molecular formula is C27H31N5O6. The minimum absolute atomic E-state index is 0.000516. The minimum Gasteiger partial charge on any atom is -0.508 e. The van der Waals surface area contributed by atoms with Gasteiger partial charge in [0.2, 0.25) is 11.8 Å². The molecule has 200 valence electrons. The first-order chi connectivity index (χ1) is 18.1. The molecule has 0 unspecified atom stereocenters. The number of carboxylic acids is 1. The fourth-order valence-electron chi connectivity index (χ4n) is 3.82. The van der Waals surface area contributed by atoms with Gasteiger partial charge in [-0.2, -0.15) is 0 Å². The van der Waals surface area contributed by atoms with Gasteiger partial charge in [0.15, 0.2) is 0 Å². The molecule has 6 N–H and O–H groups in total. The number of hydrogen-bond acceptors (Lipinski definition) is 6.